The molecule has 0 spiro atoms. The SMILES string of the molecule is CCCCCC(CC)C1(C(=O)O)C(Br)=C(Br)C(Br)=C(Br)C1C(=O)O. The molecular weight excluding hydrogens is 576 g/mol. The van der Waals surface area contributed by atoms with E-state index in [-0.39, 0.29) is 5.92 Å². The van der Waals surface area contributed by atoms with Gasteiger partial charge in [0.05, 0.1) is 0 Å². The molecule has 0 saturated carbocycles. The van der Waals surface area contributed by atoms with E-state index >= 15 is 0 Å². The summed E-state index contributed by atoms with van der Waals surface area (Å²) in [6, 6.07) is 0. The minimum Gasteiger partial charge on any atom is -0.481 e. The van der Waals surface area contributed by atoms with Crippen LogP contribution < -0.4 is 0 Å². The fourth-order valence-corrected chi connectivity index (χ4v) is 6.52. The molecule has 0 aromatic carbocycles. The fraction of sp³-hybridized carbons (Fsp3) is 0.625. The predicted octanol–water partition coefficient (Wildman–Crippen LogP) is 6.38. The standard InChI is InChI=1S/C16H20Br4O4/c1-3-5-6-7-8(4-2)16(15(23)24)9(14(21)22)10(17)11(18)12(19)13(16)20/h8-9H,3-7H2,1-2H3,(H,21,22)(H,23,24). The third-order valence-electron chi connectivity index (χ3n) is 4.56. The number of carbonyl (C=O) groups is 2. The predicted molar refractivity (Wildman–Crippen MR) is 109 cm³/mol. The molecule has 0 saturated heterocycles. The Morgan fingerprint density at radius 1 is 1.08 bits per heavy atom. The lowest BCUT2D eigenvalue weighted by Crippen LogP contribution is -2.50. The molecule has 0 aliphatic heterocycles. The van der Waals surface area contributed by atoms with Crippen molar-refractivity contribution in [2.24, 2.45) is 17.3 Å². The highest BCUT2D eigenvalue weighted by atomic mass is 79.9. The van der Waals surface area contributed by atoms with Gasteiger partial charge in [0.25, 0.3) is 0 Å². The maximum Gasteiger partial charge on any atom is 0.316 e. The average molecular weight is 596 g/mol. The molecule has 4 nitrogen and oxygen atoms in total. The Morgan fingerprint density at radius 2 is 1.67 bits per heavy atom. The number of hydrogen-bond acceptors (Lipinski definition) is 2. The van der Waals surface area contributed by atoms with Crippen molar-refractivity contribution in [3.63, 3.8) is 0 Å². The van der Waals surface area contributed by atoms with Crippen molar-refractivity contribution in [3.05, 3.63) is 17.9 Å². The molecule has 0 heterocycles. The fourth-order valence-electron chi connectivity index (χ4n) is 3.34. The largest absolute Gasteiger partial charge is 0.481 e. The molecule has 136 valence electrons. The highest BCUT2D eigenvalue weighted by molar-refractivity contribution is 9.17. The van der Waals surface area contributed by atoms with Crippen molar-refractivity contribution >= 4 is 75.7 Å². The molecule has 0 radical (unpaired) electrons. The van der Waals surface area contributed by atoms with Gasteiger partial charge in [-0.3, -0.25) is 9.59 Å². The lowest BCUT2D eigenvalue weighted by atomic mass is 9.62. The molecule has 1 aliphatic rings. The average Bonchev–Trinajstić information content (AvgIpc) is 2.52. The Bertz CT molecular complexity index is 585. The van der Waals surface area contributed by atoms with Crippen LogP contribution in [0, 0.1) is 17.3 Å². The number of hydrogen-bond donors (Lipinski definition) is 2. The number of rotatable bonds is 8. The number of halogens is 4. The zero-order chi connectivity index (χ0) is 18.7. The first kappa shape index (κ1) is 22.4. The molecule has 1 aliphatic carbocycles. The molecule has 1 rings (SSSR count). The van der Waals surface area contributed by atoms with Gasteiger partial charge in [-0.1, -0.05) is 71.4 Å². The second-order valence-corrected chi connectivity index (χ2v) is 9.07. The Labute approximate surface area is 175 Å². The van der Waals surface area contributed by atoms with Crippen LogP contribution in [0.4, 0.5) is 0 Å². The number of carboxylic acid groups (broad SMARTS) is 2. The van der Waals surface area contributed by atoms with Gasteiger partial charge >= 0.3 is 11.9 Å². The van der Waals surface area contributed by atoms with Crippen molar-refractivity contribution in [1.82, 2.24) is 0 Å². The van der Waals surface area contributed by atoms with E-state index in [1.54, 1.807) is 0 Å². The summed E-state index contributed by atoms with van der Waals surface area (Å²) in [6.07, 6.45) is 4.12. The Hall–Kier alpha value is 0.340. The van der Waals surface area contributed by atoms with E-state index in [1.165, 1.54) is 0 Å². The van der Waals surface area contributed by atoms with Gasteiger partial charge in [0.1, 0.15) is 11.3 Å². The zero-order valence-corrected chi connectivity index (χ0v) is 19.8. The van der Waals surface area contributed by atoms with Gasteiger partial charge in [0.2, 0.25) is 0 Å². The number of unbranched alkanes of at least 4 members (excludes halogenated alkanes) is 2. The summed E-state index contributed by atoms with van der Waals surface area (Å²) in [6.45, 7) is 3.99. The molecule has 0 bridgehead atoms. The minimum atomic E-state index is -1.55. The molecule has 0 aromatic rings. The van der Waals surface area contributed by atoms with E-state index in [4.69, 9.17) is 0 Å². The number of allylic oxidation sites excluding steroid dienone is 2. The summed E-state index contributed by atoms with van der Waals surface area (Å²) in [5.41, 5.74) is -1.55. The van der Waals surface area contributed by atoms with Crippen LogP contribution in [0.5, 0.6) is 0 Å². The summed E-state index contributed by atoms with van der Waals surface area (Å²) in [7, 11) is 0. The second kappa shape index (κ2) is 9.33. The maximum atomic E-state index is 12.4. The summed E-state index contributed by atoms with van der Waals surface area (Å²) in [5.74, 6) is -3.80. The molecule has 0 amide bonds. The first-order valence-electron chi connectivity index (χ1n) is 7.75. The van der Waals surface area contributed by atoms with Crippen LogP contribution in [0.2, 0.25) is 0 Å². The van der Waals surface area contributed by atoms with Crippen molar-refractivity contribution < 1.29 is 19.8 Å². The van der Waals surface area contributed by atoms with Gasteiger partial charge in [-0.25, -0.2) is 0 Å². The molecule has 0 aromatic heterocycles. The van der Waals surface area contributed by atoms with Gasteiger partial charge in [-0.15, -0.1) is 0 Å². The highest BCUT2D eigenvalue weighted by Gasteiger charge is 2.60. The van der Waals surface area contributed by atoms with E-state index in [9.17, 15) is 19.8 Å². The summed E-state index contributed by atoms with van der Waals surface area (Å²) in [4.78, 5) is 24.5. The van der Waals surface area contributed by atoms with E-state index in [1.807, 2.05) is 6.92 Å². The number of aliphatic carboxylic acids is 2. The molecule has 2 N–H and O–H groups in total. The van der Waals surface area contributed by atoms with Gasteiger partial charge < -0.3 is 10.2 Å². The summed E-state index contributed by atoms with van der Waals surface area (Å²) < 4.78 is 1.75. The summed E-state index contributed by atoms with van der Waals surface area (Å²) in [5, 5.41) is 20.0. The van der Waals surface area contributed by atoms with Crippen LogP contribution in [-0.2, 0) is 9.59 Å². The quantitative estimate of drug-likeness (QED) is 0.319. The number of carboxylic acids is 2. The Balaban J connectivity index is 3.61. The molecule has 0 fully saturated rings. The van der Waals surface area contributed by atoms with E-state index in [0.29, 0.717) is 30.8 Å². The lowest BCUT2D eigenvalue weighted by molar-refractivity contribution is -0.161. The van der Waals surface area contributed by atoms with E-state index in [0.717, 1.165) is 19.3 Å². The van der Waals surface area contributed by atoms with Crippen molar-refractivity contribution in [3.8, 4) is 0 Å². The van der Waals surface area contributed by atoms with Gasteiger partial charge in [-0.05, 0) is 44.2 Å². The summed E-state index contributed by atoms with van der Waals surface area (Å²) >= 11 is 13.5. The van der Waals surface area contributed by atoms with Crippen molar-refractivity contribution in [1.29, 1.82) is 0 Å². The topological polar surface area (TPSA) is 74.6 Å². The normalized spacial score (nSPS) is 25.8. The van der Waals surface area contributed by atoms with Gasteiger partial charge in [-0.2, -0.15) is 0 Å². The van der Waals surface area contributed by atoms with Gasteiger partial charge in [0.15, 0.2) is 0 Å². The lowest BCUT2D eigenvalue weighted by Gasteiger charge is -2.44. The first-order chi connectivity index (χ1) is 11.2. The molecule has 3 atom stereocenters. The first-order valence-corrected chi connectivity index (χ1v) is 10.9. The molecule has 24 heavy (non-hydrogen) atoms. The van der Waals surface area contributed by atoms with Crippen molar-refractivity contribution in [2.45, 2.75) is 46.0 Å². The minimum absolute atomic E-state index is 0.308. The van der Waals surface area contributed by atoms with Crippen LogP contribution in [0.25, 0.3) is 0 Å². The molecular formula is C16H20Br4O4. The molecule has 3 unspecified atom stereocenters. The van der Waals surface area contributed by atoms with Crippen LogP contribution in [0.15, 0.2) is 17.9 Å². The van der Waals surface area contributed by atoms with E-state index in [2.05, 4.69) is 70.6 Å². The molecule has 8 heteroatoms. The highest BCUT2D eigenvalue weighted by Crippen LogP contribution is 2.60. The van der Waals surface area contributed by atoms with E-state index < -0.39 is 23.3 Å². The zero-order valence-electron chi connectivity index (χ0n) is 13.4. The van der Waals surface area contributed by atoms with Crippen LogP contribution >= 0.6 is 63.7 Å². The Morgan fingerprint density at radius 3 is 2.08 bits per heavy atom. The van der Waals surface area contributed by atoms with Crippen LogP contribution in [-0.4, -0.2) is 22.2 Å². The second-order valence-electron chi connectivity index (χ2n) is 5.84. The van der Waals surface area contributed by atoms with Crippen LogP contribution in [0.1, 0.15) is 46.0 Å². The van der Waals surface area contributed by atoms with Crippen LogP contribution in [0.3, 0.4) is 0 Å². The third-order valence-corrected chi connectivity index (χ3v) is 9.68. The smallest absolute Gasteiger partial charge is 0.316 e. The van der Waals surface area contributed by atoms with Gasteiger partial charge in [0, 0.05) is 17.9 Å². The third kappa shape index (κ3) is 3.86. The monoisotopic (exact) mass is 592 g/mol. The maximum absolute atomic E-state index is 12.4. The Kier molecular flexibility index (Phi) is 8.70. The van der Waals surface area contributed by atoms with Crippen molar-refractivity contribution in [2.75, 3.05) is 0 Å².